The molecule has 1 rings (SSSR count). The number of benzene rings is 1. The van der Waals surface area contributed by atoms with Gasteiger partial charge in [0.2, 0.25) is 11.8 Å². The van der Waals surface area contributed by atoms with E-state index < -0.39 is 0 Å². The van der Waals surface area contributed by atoms with Gasteiger partial charge in [0, 0.05) is 32.0 Å². The predicted molar refractivity (Wildman–Crippen MR) is 90.1 cm³/mol. The molecule has 6 nitrogen and oxygen atoms in total. The van der Waals surface area contributed by atoms with E-state index in [1.54, 1.807) is 25.3 Å². The molecule has 0 spiro atoms. The van der Waals surface area contributed by atoms with Crippen LogP contribution < -0.4 is 19.7 Å². The van der Waals surface area contributed by atoms with Gasteiger partial charge in [-0.15, -0.1) is 0 Å². The normalized spacial score (nSPS) is 11.5. The molecule has 0 saturated carbocycles. The number of hydrogen-bond acceptors (Lipinski definition) is 4. The maximum Gasteiger partial charge on any atom is 0.223 e. The average Bonchev–Trinajstić information content (AvgIpc) is 2.54. The van der Waals surface area contributed by atoms with E-state index >= 15 is 0 Å². The number of methoxy groups -OCH3 is 2. The van der Waals surface area contributed by atoms with Gasteiger partial charge in [-0.1, -0.05) is 6.92 Å². The molecular formula is C17H26N2O4. The highest BCUT2D eigenvalue weighted by Gasteiger charge is 2.18. The summed E-state index contributed by atoms with van der Waals surface area (Å²) in [5.41, 5.74) is 0.622. The van der Waals surface area contributed by atoms with Crippen LogP contribution in [-0.4, -0.2) is 38.6 Å². The lowest BCUT2D eigenvalue weighted by Crippen LogP contribution is -2.37. The van der Waals surface area contributed by atoms with Crippen molar-refractivity contribution in [1.29, 1.82) is 0 Å². The highest BCUT2D eigenvalue weighted by molar-refractivity contribution is 5.94. The average molecular weight is 322 g/mol. The third-order valence-electron chi connectivity index (χ3n) is 3.64. The second kappa shape index (κ2) is 9.02. The Kier molecular flexibility index (Phi) is 7.38. The SMILES string of the molecule is CCC(C)NC(=O)CCN(C(C)=O)c1ccc(OC)cc1OC. The van der Waals surface area contributed by atoms with E-state index in [2.05, 4.69) is 5.32 Å². The van der Waals surface area contributed by atoms with E-state index in [0.29, 0.717) is 23.7 Å². The molecule has 0 bridgehead atoms. The standard InChI is InChI=1S/C17H26N2O4/c1-6-12(2)18-17(21)9-10-19(13(3)20)15-8-7-14(22-4)11-16(15)23-5/h7-8,11-12H,6,9-10H2,1-5H3,(H,18,21). The Morgan fingerprint density at radius 1 is 1.26 bits per heavy atom. The minimum atomic E-state index is -0.148. The number of nitrogens with zero attached hydrogens (tertiary/aromatic N) is 1. The van der Waals surface area contributed by atoms with E-state index in [9.17, 15) is 9.59 Å². The molecule has 1 atom stereocenters. The van der Waals surface area contributed by atoms with Crippen LogP contribution in [-0.2, 0) is 9.59 Å². The first-order valence-corrected chi connectivity index (χ1v) is 7.72. The second-order valence-corrected chi connectivity index (χ2v) is 5.34. The molecule has 0 aliphatic heterocycles. The van der Waals surface area contributed by atoms with Gasteiger partial charge < -0.3 is 19.7 Å². The summed E-state index contributed by atoms with van der Waals surface area (Å²) in [6.07, 6.45) is 1.10. The third-order valence-corrected chi connectivity index (χ3v) is 3.64. The van der Waals surface area contributed by atoms with Crippen LogP contribution in [0, 0.1) is 0 Å². The van der Waals surface area contributed by atoms with Crippen molar-refractivity contribution in [3.05, 3.63) is 18.2 Å². The summed E-state index contributed by atoms with van der Waals surface area (Å²) in [6.45, 7) is 5.72. The summed E-state index contributed by atoms with van der Waals surface area (Å²) in [6, 6.07) is 5.35. The van der Waals surface area contributed by atoms with Gasteiger partial charge in [0.05, 0.1) is 19.9 Å². The summed E-state index contributed by atoms with van der Waals surface area (Å²) in [7, 11) is 3.10. The molecule has 2 amide bonds. The topological polar surface area (TPSA) is 67.9 Å². The second-order valence-electron chi connectivity index (χ2n) is 5.34. The number of carbonyl (C=O) groups is 2. The summed E-state index contributed by atoms with van der Waals surface area (Å²) in [5, 5.41) is 2.89. The number of ether oxygens (including phenoxy) is 2. The van der Waals surface area contributed by atoms with Gasteiger partial charge in [-0.25, -0.2) is 0 Å². The first-order valence-electron chi connectivity index (χ1n) is 7.72. The summed E-state index contributed by atoms with van der Waals surface area (Å²) >= 11 is 0. The Bertz CT molecular complexity index is 545. The van der Waals surface area contributed by atoms with Gasteiger partial charge in [0.25, 0.3) is 0 Å². The highest BCUT2D eigenvalue weighted by Crippen LogP contribution is 2.32. The van der Waals surface area contributed by atoms with Crippen molar-refractivity contribution in [2.24, 2.45) is 0 Å². The minimum Gasteiger partial charge on any atom is -0.497 e. The highest BCUT2D eigenvalue weighted by atomic mass is 16.5. The number of anilines is 1. The maximum atomic E-state index is 12.0. The van der Waals surface area contributed by atoms with Crippen molar-refractivity contribution >= 4 is 17.5 Å². The first kappa shape index (κ1) is 18.8. The summed E-state index contributed by atoms with van der Waals surface area (Å²) in [4.78, 5) is 25.4. The number of nitrogens with one attached hydrogen (secondary N) is 1. The largest absolute Gasteiger partial charge is 0.497 e. The number of hydrogen-bond donors (Lipinski definition) is 1. The zero-order valence-corrected chi connectivity index (χ0v) is 14.5. The number of carbonyl (C=O) groups excluding carboxylic acids is 2. The molecule has 0 heterocycles. The molecule has 1 unspecified atom stereocenters. The smallest absolute Gasteiger partial charge is 0.223 e. The van der Waals surface area contributed by atoms with E-state index in [0.717, 1.165) is 6.42 Å². The van der Waals surface area contributed by atoms with Crippen molar-refractivity contribution in [2.45, 2.75) is 39.7 Å². The van der Waals surface area contributed by atoms with Crippen LogP contribution in [0.3, 0.4) is 0 Å². The lowest BCUT2D eigenvalue weighted by atomic mass is 10.2. The van der Waals surface area contributed by atoms with E-state index in [-0.39, 0.29) is 24.3 Å². The van der Waals surface area contributed by atoms with Crippen molar-refractivity contribution in [2.75, 3.05) is 25.7 Å². The van der Waals surface area contributed by atoms with Crippen LogP contribution in [0.2, 0.25) is 0 Å². The van der Waals surface area contributed by atoms with Gasteiger partial charge in [0.1, 0.15) is 11.5 Å². The van der Waals surface area contributed by atoms with Crippen LogP contribution in [0.1, 0.15) is 33.6 Å². The third kappa shape index (κ3) is 5.47. The molecular weight excluding hydrogens is 296 g/mol. The zero-order chi connectivity index (χ0) is 17.4. The minimum absolute atomic E-state index is 0.0712. The van der Waals surface area contributed by atoms with Crippen molar-refractivity contribution in [3.8, 4) is 11.5 Å². The Labute approximate surface area is 137 Å². The molecule has 0 aliphatic carbocycles. The first-order chi connectivity index (χ1) is 10.9. The van der Waals surface area contributed by atoms with E-state index in [1.807, 2.05) is 13.8 Å². The van der Waals surface area contributed by atoms with E-state index in [1.165, 1.54) is 18.9 Å². The van der Waals surface area contributed by atoms with Crippen molar-refractivity contribution in [1.82, 2.24) is 5.32 Å². The molecule has 1 aromatic rings. The number of rotatable bonds is 8. The van der Waals surface area contributed by atoms with Crippen molar-refractivity contribution < 1.29 is 19.1 Å². The van der Waals surface area contributed by atoms with Crippen LogP contribution in [0.15, 0.2) is 18.2 Å². The molecule has 0 fully saturated rings. The summed E-state index contributed by atoms with van der Waals surface area (Å²) in [5.74, 6) is 0.952. The quantitative estimate of drug-likeness (QED) is 0.798. The van der Waals surface area contributed by atoms with Crippen molar-refractivity contribution in [3.63, 3.8) is 0 Å². The zero-order valence-electron chi connectivity index (χ0n) is 14.5. The molecule has 128 valence electrons. The Balaban J connectivity index is 2.87. The molecule has 6 heteroatoms. The molecule has 23 heavy (non-hydrogen) atoms. The molecule has 0 saturated heterocycles. The molecule has 0 aromatic heterocycles. The Morgan fingerprint density at radius 2 is 1.96 bits per heavy atom. The van der Waals surface area contributed by atoms with Gasteiger partial charge in [-0.2, -0.15) is 0 Å². The monoisotopic (exact) mass is 322 g/mol. The Morgan fingerprint density at radius 3 is 2.48 bits per heavy atom. The van der Waals surface area contributed by atoms with Gasteiger partial charge in [-0.3, -0.25) is 9.59 Å². The fourth-order valence-electron chi connectivity index (χ4n) is 2.12. The van der Waals surface area contributed by atoms with Gasteiger partial charge in [0.15, 0.2) is 0 Å². The van der Waals surface area contributed by atoms with Gasteiger partial charge >= 0.3 is 0 Å². The fraction of sp³-hybridized carbons (Fsp3) is 0.529. The van der Waals surface area contributed by atoms with Gasteiger partial charge in [-0.05, 0) is 25.5 Å². The molecule has 0 radical (unpaired) electrons. The number of amides is 2. The molecule has 1 aromatic carbocycles. The lowest BCUT2D eigenvalue weighted by Gasteiger charge is -2.24. The maximum absolute atomic E-state index is 12.0. The lowest BCUT2D eigenvalue weighted by molar-refractivity contribution is -0.121. The Hall–Kier alpha value is -2.24. The van der Waals surface area contributed by atoms with Crippen LogP contribution in [0.4, 0.5) is 5.69 Å². The fourth-order valence-corrected chi connectivity index (χ4v) is 2.12. The van der Waals surface area contributed by atoms with Crippen LogP contribution >= 0.6 is 0 Å². The molecule has 0 aliphatic rings. The van der Waals surface area contributed by atoms with Crippen LogP contribution in [0.25, 0.3) is 0 Å². The summed E-state index contributed by atoms with van der Waals surface area (Å²) < 4.78 is 10.5. The molecule has 1 N–H and O–H groups in total. The van der Waals surface area contributed by atoms with Crippen LogP contribution in [0.5, 0.6) is 11.5 Å². The predicted octanol–water partition coefficient (Wildman–Crippen LogP) is 2.36. The van der Waals surface area contributed by atoms with E-state index in [4.69, 9.17) is 9.47 Å².